The average molecular weight is 242 g/mol. The van der Waals surface area contributed by atoms with E-state index in [0.29, 0.717) is 12.5 Å². The third kappa shape index (κ3) is 1.58. The maximum atomic E-state index is 5.89. The predicted molar refractivity (Wildman–Crippen MR) is 56.0 cm³/mol. The second kappa shape index (κ2) is 3.31. The number of hydrogen-bond donors (Lipinski definition) is 1. The Morgan fingerprint density at radius 1 is 1.54 bits per heavy atom. The van der Waals surface area contributed by atoms with Crippen molar-refractivity contribution in [1.82, 2.24) is 0 Å². The summed E-state index contributed by atoms with van der Waals surface area (Å²) in [4.78, 5) is 0. The molecule has 0 bridgehead atoms. The van der Waals surface area contributed by atoms with E-state index in [0.717, 1.165) is 10.2 Å². The SMILES string of the molecule is CC1c2ccc(Br)cc2OCC1N. The second-order valence-corrected chi connectivity index (χ2v) is 4.36. The molecule has 1 aromatic carbocycles. The molecule has 2 rings (SSSR count). The summed E-state index contributed by atoms with van der Waals surface area (Å²) in [6, 6.07) is 6.21. The number of rotatable bonds is 0. The first kappa shape index (κ1) is 9.03. The van der Waals surface area contributed by atoms with Crippen molar-refractivity contribution in [3.8, 4) is 5.75 Å². The summed E-state index contributed by atoms with van der Waals surface area (Å²) >= 11 is 3.41. The molecule has 0 spiro atoms. The minimum Gasteiger partial charge on any atom is -0.492 e. The summed E-state index contributed by atoms with van der Waals surface area (Å²) in [5, 5.41) is 0. The number of nitrogens with two attached hydrogens (primary N) is 1. The highest BCUT2D eigenvalue weighted by Gasteiger charge is 2.24. The molecule has 13 heavy (non-hydrogen) atoms. The molecule has 2 unspecified atom stereocenters. The van der Waals surface area contributed by atoms with Crippen LogP contribution in [0.15, 0.2) is 22.7 Å². The molecule has 2 atom stereocenters. The molecule has 1 aromatic rings. The fourth-order valence-corrected chi connectivity index (χ4v) is 1.91. The third-order valence-corrected chi connectivity index (χ3v) is 3.03. The van der Waals surface area contributed by atoms with E-state index in [9.17, 15) is 0 Å². The quantitative estimate of drug-likeness (QED) is 0.757. The zero-order valence-corrected chi connectivity index (χ0v) is 9.04. The van der Waals surface area contributed by atoms with Crippen molar-refractivity contribution in [2.24, 2.45) is 5.73 Å². The van der Waals surface area contributed by atoms with Crippen LogP contribution in [0.25, 0.3) is 0 Å². The van der Waals surface area contributed by atoms with Crippen LogP contribution in [0.1, 0.15) is 18.4 Å². The van der Waals surface area contributed by atoms with Gasteiger partial charge in [0.05, 0.1) is 0 Å². The van der Waals surface area contributed by atoms with Crippen molar-refractivity contribution >= 4 is 15.9 Å². The number of halogens is 1. The van der Waals surface area contributed by atoms with E-state index in [1.165, 1.54) is 5.56 Å². The molecule has 0 saturated carbocycles. The normalized spacial score (nSPS) is 26.4. The topological polar surface area (TPSA) is 35.2 Å². The Hall–Kier alpha value is -0.540. The van der Waals surface area contributed by atoms with E-state index in [-0.39, 0.29) is 6.04 Å². The van der Waals surface area contributed by atoms with Gasteiger partial charge in [-0.3, -0.25) is 0 Å². The molecule has 2 nitrogen and oxygen atoms in total. The molecule has 1 aliphatic heterocycles. The Balaban J connectivity index is 2.44. The summed E-state index contributed by atoms with van der Waals surface area (Å²) in [7, 11) is 0. The van der Waals surface area contributed by atoms with Crippen LogP contribution in [-0.2, 0) is 0 Å². The van der Waals surface area contributed by atoms with E-state index < -0.39 is 0 Å². The first-order chi connectivity index (χ1) is 6.18. The molecule has 0 saturated heterocycles. The van der Waals surface area contributed by atoms with Gasteiger partial charge in [0.2, 0.25) is 0 Å². The highest BCUT2D eigenvalue weighted by Crippen LogP contribution is 2.34. The van der Waals surface area contributed by atoms with Gasteiger partial charge in [-0.25, -0.2) is 0 Å². The summed E-state index contributed by atoms with van der Waals surface area (Å²) in [5.74, 6) is 1.35. The molecule has 0 aliphatic carbocycles. The van der Waals surface area contributed by atoms with Crippen LogP contribution in [-0.4, -0.2) is 12.6 Å². The lowest BCUT2D eigenvalue weighted by Gasteiger charge is -2.28. The molecule has 0 radical (unpaired) electrons. The van der Waals surface area contributed by atoms with Gasteiger partial charge in [0.25, 0.3) is 0 Å². The molecule has 0 amide bonds. The molecule has 3 heteroatoms. The first-order valence-electron chi connectivity index (χ1n) is 4.36. The number of hydrogen-bond acceptors (Lipinski definition) is 2. The van der Waals surface area contributed by atoms with E-state index in [4.69, 9.17) is 10.5 Å². The van der Waals surface area contributed by atoms with Crippen molar-refractivity contribution in [2.75, 3.05) is 6.61 Å². The summed E-state index contributed by atoms with van der Waals surface area (Å²) in [6.07, 6.45) is 0. The molecule has 1 aliphatic rings. The Bertz CT molecular complexity index is 327. The fourth-order valence-electron chi connectivity index (χ4n) is 1.57. The molecule has 2 N–H and O–H groups in total. The lowest BCUT2D eigenvalue weighted by molar-refractivity contribution is 0.244. The Labute approximate surface area is 86.2 Å². The average Bonchev–Trinajstić information content (AvgIpc) is 2.12. The fraction of sp³-hybridized carbons (Fsp3) is 0.400. The van der Waals surface area contributed by atoms with Gasteiger partial charge in [0.1, 0.15) is 12.4 Å². The molecular formula is C10H12BrNO. The monoisotopic (exact) mass is 241 g/mol. The molecular weight excluding hydrogens is 230 g/mol. The van der Waals surface area contributed by atoms with Crippen molar-refractivity contribution in [2.45, 2.75) is 18.9 Å². The molecule has 0 fully saturated rings. The van der Waals surface area contributed by atoms with E-state index in [2.05, 4.69) is 28.9 Å². The lowest BCUT2D eigenvalue weighted by Crippen LogP contribution is -2.36. The molecule has 70 valence electrons. The van der Waals surface area contributed by atoms with Crippen LogP contribution in [0.3, 0.4) is 0 Å². The van der Waals surface area contributed by atoms with Gasteiger partial charge >= 0.3 is 0 Å². The third-order valence-electron chi connectivity index (χ3n) is 2.54. The number of ether oxygens (including phenoxy) is 1. The van der Waals surface area contributed by atoms with Crippen LogP contribution in [0.4, 0.5) is 0 Å². The standard InChI is InChI=1S/C10H12BrNO/c1-6-8-3-2-7(11)4-10(8)13-5-9(6)12/h2-4,6,9H,5,12H2,1H3. The summed E-state index contributed by atoms with van der Waals surface area (Å²) in [5.41, 5.74) is 7.10. The van der Waals surface area contributed by atoms with Crippen molar-refractivity contribution in [3.63, 3.8) is 0 Å². The van der Waals surface area contributed by atoms with Crippen LogP contribution >= 0.6 is 15.9 Å². The summed E-state index contributed by atoms with van der Waals surface area (Å²) < 4.78 is 6.58. The van der Waals surface area contributed by atoms with Crippen molar-refractivity contribution in [1.29, 1.82) is 0 Å². The van der Waals surface area contributed by atoms with E-state index >= 15 is 0 Å². The van der Waals surface area contributed by atoms with Crippen LogP contribution < -0.4 is 10.5 Å². The highest BCUT2D eigenvalue weighted by molar-refractivity contribution is 9.10. The van der Waals surface area contributed by atoms with Gasteiger partial charge in [-0.1, -0.05) is 28.9 Å². The highest BCUT2D eigenvalue weighted by atomic mass is 79.9. The predicted octanol–water partition coefficient (Wildman–Crippen LogP) is 2.27. The largest absolute Gasteiger partial charge is 0.492 e. The Morgan fingerprint density at radius 3 is 3.08 bits per heavy atom. The number of benzene rings is 1. The zero-order valence-electron chi connectivity index (χ0n) is 7.46. The summed E-state index contributed by atoms with van der Waals surface area (Å²) in [6.45, 7) is 2.75. The van der Waals surface area contributed by atoms with Gasteiger partial charge < -0.3 is 10.5 Å². The Kier molecular flexibility index (Phi) is 2.30. The zero-order chi connectivity index (χ0) is 9.42. The van der Waals surface area contributed by atoms with Gasteiger partial charge in [-0.15, -0.1) is 0 Å². The van der Waals surface area contributed by atoms with Gasteiger partial charge in [0, 0.05) is 16.4 Å². The van der Waals surface area contributed by atoms with Crippen molar-refractivity contribution in [3.05, 3.63) is 28.2 Å². The molecule has 1 heterocycles. The Morgan fingerprint density at radius 2 is 2.31 bits per heavy atom. The second-order valence-electron chi connectivity index (χ2n) is 3.45. The minimum atomic E-state index is 0.119. The number of fused-ring (bicyclic) bond motifs is 1. The van der Waals surface area contributed by atoms with Crippen LogP contribution in [0.5, 0.6) is 5.75 Å². The van der Waals surface area contributed by atoms with E-state index in [1.54, 1.807) is 0 Å². The maximum Gasteiger partial charge on any atom is 0.124 e. The van der Waals surface area contributed by atoms with E-state index in [1.807, 2.05) is 12.1 Å². The maximum absolute atomic E-state index is 5.89. The van der Waals surface area contributed by atoms with Gasteiger partial charge in [-0.2, -0.15) is 0 Å². The van der Waals surface area contributed by atoms with Gasteiger partial charge in [-0.05, 0) is 17.7 Å². The van der Waals surface area contributed by atoms with Crippen molar-refractivity contribution < 1.29 is 4.74 Å². The molecule has 0 aromatic heterocycles. The minimum absolute atomic E-state index is 0.119. The lowest BCUT2D eigenvalue weighted by atomic mass is 9.91. The van der Waals surface area contributed by atoms with Crippen LogP contribution in [0.2, 0.25) is 0 Å². The first-order valence-corrected chi connectivity index (χ1v) is 5.15. The smallest absolute Gasteiger partial charge is 0.124 e. The van der Waals surface area contributed by atoms with Gasteiger partial charge in [0.15, 0.2) is 0 Å². The van der Waals surface area contributed by atoms with Crippen LogP contribution in [0, 0.1) is 0 Å².